The van der Waals surface area contributed by atoms with Crippen molar-refractivity contribution in [1.29, 1.82) is 0 Å². The SMILES string of the molecule is O=C1SC(=Cc2ccccc2)C(=O)N1CNc1ccccc1F. The van der Waals surface area contributed by atoms with Gasteiger partial charge in [-0.25, -0.2) is 4.39 Å². The second-order valence-electron chi connectivity index (χ2n) is 4.84. The quantitative estimate of drug-likeness (QED) is 0.864. The molecule has 0 bridgehead atoms. The number of rotatable bonds is 4. The van der Waals surface area contributed by atoms with E-state index in [1.807, 2.05) is 30.3 Å². The molecule has 2 aromatic carbocycles. The van der Waals surface area contributed by atoms with Gasteiger partial charge in [-0.1, -0.05) is 42.5 Å². The van der Waals surface area contributed by atoms with Gasteiger partial charge >= 0.3 is 0 Å². The predicted octanol–water partition coefficient (Wildman–Crippen LogP) is 3.93. The molecular formula is C17H13FN2O2S. The number of para-hydroxylation sites is 1. The topological polar surface area (TPSA) is 49.4 Å². The smallest absolute Gasteiger partial charge is 0.295 e. The lowest BCUT2D eigenvalue weighted by Gasteiger charge is -2.14. The molecule has 0 radical (unpaired) electrons. The normalized spacial score (nSPS) is 16.2. The third-order valence-corrected chi connectivity index (χ3v) is 4.18. The van der Waals surface area contributed by atoms with Crippen molar-refractivity contribution < 1.29 is 14.0 Å². The number of carbonyl (C=O) groups is 2. The molecule has 0 aliphatic carbocycles. The molecule has 0 unspecified atom stereocenters. The summed E-state index contributed by atoms with van der Waals surface area (Å²) in [7, 11) is 0. The fourth-order valence-corrected chi connectivity index (χ4v) is 2.94. The van der Waals surface area contributed by atoms with Crippen LogP contribution in [0.15, 0.2) is 59.5 Å². The average Bonchev–Trinajstić information content (AvgIpc) is 2.82. The highest BCUT2D eigenvalue weighted by Crippen LogP contribution is 2.32. The van der Waals surface area contributed by atoms with Gasteiger partial charge in [0.15, 0.2) is 0 Å². The first kappa shape index (κ1) is 15.3. The zero-order valence-corrected chi connectivity index (χ0v) is 12.8. The van der Waals surface area contributed by atoms with Gasteiger partial charge in [-0.2, -0.15) is 0 Å². The monoisotopic (exact) mass is 328 g/mol. The van der Waals surface area contributed by atoms with Crippen molar-refractivity contribution in [2.45, 2.75) is 0 Å². The van der Waals surface area contributed by atoms with Crippen LogP contribution in [-0.4, -0.2) is 22.7 Å². The Hall–Kier alpha value is -2.60. The molecule has 0 atom stereocenters. The average molecular weight is 328 g/mol. The minimum absolute atomic E-state index is 0.0717. The summed E-state index contributed by atoms with van der Waals surface area (Å²) in [6, 6.07) is 15.4. The molecule has 23 heavy (non-hydrogen) atoms. The Kier molecular flexibility index (Phi) is 4.43. The second kappa shape index (κ2) is 6.66. The summed E-state index contributed by atoms with van der Waals surface area (Å²) in [5.41, 5.74) is 1.10. The summed E-state index contributed by atoms with van der Waals surface area (Å²) in [5.74, 6) is -0.813. The largest absolute Gasteiger partial charge is 0.365 e. The molecule has 1 N–H and O–H groups in total. The lowest BCUT2D eigenvalue weighted by atomic mass is 10.2. The summed E-state index contributed by atoms with van der Waals surface area (Å²) >= 11 is 0.881. The lowest BCUT2D eigenvalue weighted by molar-refractivity contribution is -0.122. The molecule has 2 amide bonds. The number of anilines is 1. The lowest BCUT2D eigenvalue weighted by Crippen LogP contribution is -2.33. The van der Waals surface area contributed by atoms with Crippen molar-refractivity contribution in [1.82, 2.24) is 4.90 Å². The molecule has 1 saturated heterocycles. The van der Waals surface area contributed by atoms with Gasteiger partial charge in [-0.3, -0.25) is 14.5 Å². The summed E-state index contributed by atoms with van der Waals surface area (Å²) in [6.45, 7) is -0.0717. The van der Waals surface area contributed by atoms with Crippen LogP contribution < -0.4 is 5.32 Å². The number of hydrogen-bond donors (Lipinski definition) is 1. The van der Waals surface area contributed by atoms with Gasteiger partial charge in [0.2, 0.25) is 0 Å². The minimum Gasteiger partial charge on any atom is -0.365 e. The number of hydrogen-bond acceptors (Lipinski definition) is 4. The van der Waals surface area contributed by atoms with E-state index in [0.29, 0.717) is 4.91 Å². The van der Waals surface area contributed by atoms with Crippen LogP contribution in [0.3, 0.4) is 0 Å². The number of benzene rings is 2. The molecule has 1 heterocycles. The molecule has 0 saturated carbocycles. The van der Waals surface area contributed by atoms with Crippen LogP contribution in [0.1, 0.15) is 5.56 Å². The Bertz CT molecular complexity index is 777. The number of nitrogens with zero attached hydrogens (tertiary/aromatic N) is 1. The van der Waals surface area contributed by atoms with E-state index < -0.39 is 5.82 Å². The predicted molar refractivity (Wildman–Crippen MR) is 89.1 cm³/mol. The fourth-order valence-electron chi connectivity index (χ4n) is 2.11. The molecule has 0 aromatic heterocycles. The molecule has 4 nitrogen and oxygen atoms in total. The van der Waals surface area contributed by atoms with E-state index in [4.69, 9.17) is 0 Å². The van der Waals surface area contributed by atoms with Crippen molar-refractivity contribution in [3.8, 4) is 0 Å². The second-order valence-corrected chi connectivity index (χ2v) is 5.83. The van der Waals surface area contributed by atoms with E-state index >= 15 is 0 Å². The number of thioether (sulfide) groups is 1. The van der Waals surface area contributed by atoms with E-state index in [1.54, 1.807) is 24.3 Å². The zero-order chi connectivity index (χ0) is 16.2. The minimum atomic E-state index is -0.431. The van der Waals surface area contributed by atoms with Crippen LogP contribution in [0.5, 0.6) is 0 Å². The number of nitrogens with one attached hydrogen (secondary N) is 1. The van der Waals surface area contributed by atoms with Gasteiger partial charge in [0, 0.05) is 0 Å². The molecule has 6 heteroatoms. The standard InChI is InChI=1S/C17H13FN2O2S/c18-13-8-4-5-9-14(13)19-11-20-16(21)15(23-17(20)22)10-12-6-2-1-3-7-12/h1-10,19H,11H2. The van der Waals surface area contributed by atoms with Crippen molar-refractivity contribution in [2.24, 2.45) is 0 Å². The first-order valence-corrected chi connectivity index (χ1v) is 7.75. The molecule has 1 aliphatic rings. The van der Waals surface area contributed by atoms with Crippen LogP contribution in [-0.2, 0) is 4.79 Å². The maximum Gasteiger partial charge on any atom is 0.295 e. The summed E-state index contributed by atoms with van der Waals surface area (Å²) in [5, 5.41) is 2.39. The third-order valence-electron chi connectivity index (χ3n) is 3.27. The molecule has 116 valence electrons. The first-order chi connectivity index (χ1) is 11.1. The molecular weight excluding hydrogens is 315 g/mol. The summed E-state index contributed by atoms with van der Waals surface area (Å²) in [6.07, 6.45) is 1.67. The molecule has 0 spiro atoms. The summed E-state index contributed by atoms with van der Waals surface area (Å²) < 4.78 is 13.6. The molecule has 2 aromatic rings. The van der Waals surface area contributed by atoms with Crippen molar-refractivity contribution in [2.75, 3.05) is 12.0 Å². The molecule has 1 aliphatic heterocycles. The van der Waals surface area contributed by atoms with E-state index in [0.717, 1.165) is 22.2 Å². The van der Waals surface area contributed by atoms with E-state index in [1.165, 1.54) is 6.07 Å². The van der Waals surface area contributed by atoms with Gasteiger partial charge in [0.1, 0.15) is 5.82 Å². The van der Waals surface area contributed by atoms with Crippen molar-refractivity contribution in [3.63, 3.8) is 0 Å². The van der Waals surface area contributed by atoms with E-state index in [-0.39, 0.29) is 23.5 Å². The van der Waals surface area contributed by atoms with Crippen LogP contribution in [0.4, 0.5) is 14.9 Å². The van der Waals surface area contributed by atoms with Gasteiger partial charge in [0.25, 0.3) is 11.1 Å². The Balaban J connectivity index is 1.72. The number of halogens is 1. The zero-order valence-electron chi connectivity index (χ0n) is 12.0. The fraction of sp³-hybridized carbons (Fsp3) is 0.0588. The third kappa shape index (κ3) is 3.43. The molecule has 3 rings (SSSR count). The van der Waals surface area contributed by atoms with Gasteiger partial charge < -0.3 is 5.32 Å². The maximum absolute atomic E-state index is 13.6. The number of imide groups is 1. The number of amides is 2. The van der Waals surface area contributed by atoms with Crippen LogP contribution in [0, 0.1) is 5.82 Å². The highest BCUT2D eigenvalue weighted by atomic mass is 32.2. The van der Waals surface area contributed by atoms with E-state index in [2.05, 4.69) is 5.32 Å². The van der Waals surface area contributed by atoms with Gasteiger partial charge in [-0.15, -0.1) is 0 Å². The Morgan fingerprint density at radius 1 is 1.04 bits per heavy atom. The maximum atomic E-state index is 13.6. The van der Waals surface area contributed by atoms with Crippen LogP contribution >= 0.6 is 11.8 Å². The molecule has 1 fully saturated rings. The first-order valence-electron chi connectivity index (χ1n) is 6.94. The number of carbonyl (C=O) groups excluding carboxylic acids is 2. The highest BCUT2D eigenvalue weighted by molar-refractivity contribution is 8.18. The van der Waals surface area contributed by atoms with Gasteiger partial charge in [-0.05, 0) is 35.5 Å². The van der Waals surface area contributed by atoms with Gasteiger partial charge in [0.05, 0.1) is 17.3 Å². The Labute approximate surface area is 137 Å². The van der Waals surface area contributed by atoms with Crippen molar-refractivity contribution >= 4 is 34.7 Å². The highest BCUT2D eigenvalue weighted by Gasteiger charge is 2.34. The van der Waals surface area contributed by atoms with Crippen molar-refractivity contribution in [3.05, 3.63) is 70.9 Å². The van der Waals surface area contributed by atoms with Crippen LogP contribution in [0.2, 0.25) is 0 Å². The Morgan fingerprint density at radius 2 is 1.74 bits per heavy atom. The summed E-state index contributed by atoms with van der Waals surface area (Å²) in [4.78, 5) is 25.7. The Morgan fingerprint density at radius 3 is 2.48 bits per heavy atom. The van der Waals surface area contributed by atoms with Crippen LogP contribution in [0.25, 0.3) is 6.08 Å². The van der Waals surface area contributed by atoms with E-state index in [9.17, 15) is 14.0 Å².